The van der Waals surface area contributed by atoms with Gasteiger partial charge >= 0.3 is 12.5 Å². The Hall–Kier alpha value is -4.47. The summed E-state index contributed by atoms with van der Waals surface area (Å²) in [6.07, 6.45) is -7.96. The zero-order chi connectivity index (χ0) is 35.5. The maximum absolute atomic E-state index is 13.6. The molecule has 2 heterocycles. The Labute approximate surface area is 273 Å². The molecule has 48 heavy (non-hydrogen) atoms. The molecule has 2 atom stereocenters. The highest BCUT2D eigenvalue weighted by Gasteiger charge is 2.43. The fraction of sp³-hybridized carbons (Fsp3) is 0.273. The lowest BCUT2D eigenvalue weighted by atomic mass is 9.93. The van der Waals surface area contributed by atoms with E-state index in [-0.39, 0.29) is 10.8 Å². The van der Waals surface area contributed by atoms with Gasteiger partial charge in [0.1, 0.15) is 11.4 Å². The molecule has 5 rings (SSSR count). The van der Waals surface area contributed by atoms with E-state index in [1.807, 2.05) is 37.3 Å². The van der Waals surface area contributed by atoms with E-state index in [1.165, 1.54) is 35.2 Å². The number of alkyl halides is 6. The van der Waals surface area contributed by atoms with Gasteiger partial charge in [0.15, 0.2) is 0 Å². The Morgan fingerprint density at radius 1 is 0.875 bits per heavy atom. The van der Waals surface area contributed by atoms with Gasteiger partial charge in [-0.25, -0.2) is 0 Å². The first kappa shape index (κ1) is 36.4. The van der Waals surface area contributed by atoms with Crippen molar-refractivity contribution < 1.29 is 48.8 Å². The number of anilines is 1. The van der Waals surface area contributed by atoms with Crippen molar-refractivity contribution in [3.63, 3.8) is 0 Å². The third-order valence-electron chi connectivity index (χ3n) is 7.47. The van der Waals surface area contributed by atoms with Crippen molar-refractivity contribution in [2.24, 2.45) is 0 Å². The minimum absolute atomic E-state index is 0.0666. The maximum atomic E-state index is 13.6. The van der Waals surface area contributed by atoms with Gasteiger partial charge in [0.25, 0.3) is 10.1 Å². The summed E-state index contributed by atoms with van der Waals surface area (Å²) in [7, 11) is -4.02. The number of carbonyl (C=O) groups is 1. The molecular formula is C33H31F6N3O5S. The van der Waals surface area contributed by atoms with Crippen LogP contribution in [0.15, 0.2) is 102 Å². The Bertz CT molecular complexity index is 1800. The first-order valence-corrected chi connectivity index (χ1v) is 15.8. The van der Waals surface area contributed by atoms with Crippen LogP contribution in [0.5, 0.6) is 5.75 Å². The largest absolute Gasteiger partial charge is 0.573 e. The summed E-state index contributed by atoms with van der Waals surface area (Å²) < 4.78 is 110. The van der Waals surface area contributed by atoms with Gasteiger partial charge in [0, 0.05) is 17.4 Å². The van der Waals surface area contributed by atoms with Gasteiger partial charge in [-0.05, 0) is 80.8 Å². The van der Waals surface area contributed by atoms with Gasteiger partial charge in [0.2, 0.25) is 5.91 Å². The number of benzene rings is 3. The number of pyridine rings is 1. The smallest absolute Gasteiger partial charge is 0.406 e. The molecule has 1 aliphatic rings. The third-order valence-corrected chi connectivity index (χ3v) is 8.34. The van der Waals surface area contributed by atoms with Crippen LogP contribution in [0.4, 0.5) is 32.0 Å². The van der Waals surface area contributed by atoms with Crippen molar-refractivity contribution in [3.05, 3.63) is 120 Å². The monoisotopic (exact) mass is 695 g/mol. The molecule has 1 aliphatic heterocycles. The minimum Gasteiger partial charge on any atom is -0.406 e. The average molecular weight is 696 g/mol. The number of carbonyl (C=O) groups excluding carboxylic acids is 1. The van der Waals surface area contributed by atoms with E-state index in [1.54, 1.807) is 26.0 Å². The van der Waals surface area contributed by atoms with Crippen LogP contribution in [-0.4, -0.2) is 36.3 Å². The van der Waals surface area contributed by atoms with Crippen molar-refractivity contribution >= 4 is 21.7 Å². The van der Waals surface area contributed by atoms with E-state index in [0.29, 0.717) is 17.7 Å². The standard InChI is InChI=1S/C26H23F6N3O2.C7H8O3S/c1-24(2,17-8-13-22(33-15-17)25(27,28)29)34-20-14-21(16-6-4-3-5-7-16)35(23(20)36)18-9-11-19(12-10-18)37-26(30,31)32;1-6-2-4-7(5-3-6)11(8,9)10/h3-13,15,20-21,34H,14H2,1-2H3;2-5H,1H3,(H,8,9,10)/t20-,21-;/m0./s1. The molecule has 15 heteroatoms. The number of hydrogen-bond donors (Lipinski definition) is 2. The maximum Gasteiger partial charge on any atom is 0.573 e. The molecule has 4 aromatic rings. The van der Waals surface area contributed by atoms with Gasteiger partial charge in [-0.1, -0.05) is 54.1 Å². The molecule has 1 aromatic heterocycles. The van der Waals surface area contributed by atoms with E-state index in [0.717, 1.165) is 35.5 Å². The molecule has 0 spiro atoms. The summed E-state index contributed by atoms with van der Waals surface area (Å²) in [5.74, 6) is -0.740. The van der Waals surface area contributed by atoms with Crippen LogP contribution in [0, 0.1) is 6.92 Å². The number of aryl methyl sites for hydroxylation is 1. The molecule has 2 N–H and O–H groups in total. The summed E-state index contributed by atoms with van der Waals surface area (Å²) in [5, 5.41) is 3.24. The number of nitrogens with one attached hydrogen (secondary N) is 1. The Kier molecular flexibility index (Phi) is 10.6. The molecular weight excluding hydrogens is 664 g/mol. The first-order chi connectivity index (χ1) is 22.2. The highest BCUT2D eigenvalue weighted by molar-refractivity contribution is 7.85. The third kappa shape index (κ3) is 9.33. The second kappa shape index (κ2) is 13.9. The second-order valence-corrected chi connectivity index (χ2v) is 12.9. The molecule has 0 saturated carbocycles. The summed E-state index contributed by atoms with van der Waals surface area (Å²) in [5.41, 5.74) is 0.682. The van der Waals surface area contributed by atoms with Gasteiger partial charge in [-0.3, -0.25) is 19.6 Å². The highest BCUT2D eigenvalue weighted by atomic mass is 32.2. The fourth-order valence-electron chi connectivity index (χ4n) is 5.11. The van der Waals surface area contributed by atoms with Crippen molar-refractivity contribution in [1.82, 2.24) is 10.3 Å². The fourth-order valence-corrected chi connectivity index (χ4v) is 5.59. The van der Waals surface area contributed by atoms with Crippen molar-refractivity contribution in [2.45, 2.75) is 62.2 Å². The Balaban J connectivity index is 0.000000401. The lowest BCUT2D eigenvalue weighted by Gasteiger charge is -2.30. The lowest BCUT2D eigenvalue weighted by Crippen LogP contribution is -2.47. The van der Waals surface area contributed by atoms with Crippen molar-refractivity contribution in [3.8, 4) is 5.75 Å². The molecule has 256 valence electrons. The number of ether oxygens (including phenoxy) is 1. The van der Waals surface area contributed by atoms with Crippen LogP contribution in [0.3, 0.4) is 0 Å². The highest BCUT2D eigenvalue weighted by Crippen LogP contribution is 2.39. The minimum atomic E-state index is -4.84. The van der Waals surface area contributed by atoms with E-state index >= 15 is 0 Å². The van der Waals surface area contributed by atoms with Gasteiger partial charge in [0.05, 0.1) is 17.0 Å². The Morgan fingerprint density at radius 3 is 1.98 bits per heavy atom. The number of hydrogen-bond acceptors (Lipinski definition) is 6. The number of halogens is 6. The SMILES string of the molecule is CC(C)(N[C@H]1C[C@@H](c2ccccc2)N(c2ccc(OC(F)(F)F)cc2)C1=O)c1ccc(C(F)(F)F)nc1.Cc1ccc(S(=O)(=O)O)cc1. The van der Waals surface area contributed by atoms with E-state index in [2.05, 4.69) is 15.0 Å². The van der Waals surface area contributed by atoms with E-state index in [4.69, 9.17) is 4.55 Å². The second-order valence-electron chi connectivity index (χ2n) is 11.5. The number of nitrogens with zero attached hydrogens (tertiary/aromatic N) is 2. The van der Waals surface area contributed by atoms with E-state index < -0.39 is 51.7 Å². The summed E-state index contributed by atoms with van der Waals surface area (Å²) in [4.78, 5) is 18.5. The molecule has 1 fully saturated rings. The van der Waals surface area contributed by atoms with Crippen molar-refractivity contribution in [1.29, 1.82) is 0 Å². The number of rotatable bonds is 7. The van der Waals surface area contributed by atoms with Crippen LogP contribution in [0.1, 0.15) is 48.7 Å². The van der Waals surface area contributed by atoms with Gasteiger partial charge in [-0.15, -0.1) is 13.2 Å². The van der Waals surface area contributed by atoms with Crippen LogP contribution < -0.4 is 15.0 Å². The predicted molar refractivity (Wildman–Crippen MR) is 165 cm³/mol. The van der Waals surface area contributed by atoms with Gasteiger partial charge in [-0.2, -0.15) is 21.6 Å². The van der Waals surface area contributed by atoms with E-state index in [9.17, 15) is 39.6 Å². The molecule has 0 unspecified atom stereocenters. The summed E-state index contributed by atoms with van der Waals surface area (Å²) >= 11 is 0. The van der Waals surface area contributed by atoms with Crippen LogP contribution >= 0.6 is 0 Å². The zero-order valence-corrected chi connectivity index (χ0v) is 26.6. The number of aromatic nitrogens is 1. The quantitative estimate of drug-likeness (QED) is 0.151. The Morgan fingerprint density at radius 2 is 1.48 bits per heavy atom. The zero-order valence-electron chi connectivity index (χ0n) is 25.8. The molecule has 0 aliphatic carbocycles. The average Bonchev–Trinajstić information content (AvgIpc) is 3.32. The normalized spacial score (nSPS) is 17.1. The van der Waals surface area contributed by atoms with Gasteiger partial charge < -0.3 is 9.64 Å². The molecule has 3 aromatic carbocycles. The first-order valence-electron chi connectivity index (χ1n) is 14.3. The summed E-state index contributed by atoms with van der Waals surface area (Å²) in [6.45, 7) is 5.30. The van der Waals surface area contributed by atoms with Crippen LogP contribution in [0.2, 0.25) is 0 Å². The molecule has 0 bridgehead atoms. The molecule has 1 saturated heterocycles. The predicted octanol–water partition coefficient (Wildman–Crippen LogP) is 7.61. The molecule has 8 nitrogen and oxygen atoms in total. The van der Waals surface area contributed by atoms with Crippen molar-refractivity contribution in [2.75, 3.05) is 4.90 Å². The molecule has 0 radical (unpaired) electrons. The number of amides is 1. The van der Waals surface area contributed by atoms with Crippen LogP contribution in [0.25, 0.3) is 0 Å². The lowest BCUT2D eigenvalue weighted by molar-refractivity contribution is -0.274. The molecule has 1 amide bonds. The summed E-state index contributed by atoms with van der Waals surface area (Å²) in [6, 6.07) is 21.2. The van der Waals surface area contributed by atoms with Crippen LogP contribution in [-0.2, 0) is 26.6 Å². The topological polar surface area (TPSA) is 109 Å².